The van der Waals surface area contributed by atoms with Crippen LogP contribution in [0.4, 0.5) is 0 Å². The fourth-order valence-corrected chi connectivity index (χ4v) is 1.31. The summed E-state index contributed by atoms with van der Waals surface area (Å²) in [5.74, 6) is 0.102. The molecule has 0 saturated carbocycles. The number of aliphatic hydroxyl groups excluding tert-OH is 1. The van der Waals surface area contributed by atoms with E-state index in [0.717, 1.165) is 12.0 Å². The van der Waals surface area contributed by atoms with Crippen molar-refractivity contribution in [3.63, 3.8) is 0 Å². The number of rotatable bonds is 6. The highest BCUT2D eigenvalue weighted by atomic mass is 16.3. The number of unbranched alkanes of at least 4 members (excludes halogenated alkanes) is 1. The Bertz CT molecular complexity index is 285. The number of H-pyrrole nitrogens is 1. The number of nitrogens with zero attached hydrogens (tertiary/aromatic N) is 2. The number of aromatic amines is 1. The number of carbonyl (C=O) groups is 1. The van der Waals surface area contributed by atoms with Crippen LogP contribution in [0.2, 0.25) is 0 Å². The molecule has 0 aromatic carbocycles. The molecule has 15 heavy (non-hydrogen) atoms. The molecule has 0 unspecified atom stereocenters. The van der Waals surface area contributed by atoms with Gasteiger partial charge in [-0.05, 0) is 12.8 Å². The van der Waals surface area contributed by atoms with Crippen LogP contribution in [0.3, 0.4) is 0 Å². The van der Waals surface area contributed by atoms with Crippen molar-refractivity contribution in [3.05, 3.63) is 18.0 Å². The normalized spacial score (nSPS) is 10.3. The molecule has 1 aromatic rings. The summed E-state index contributed by atoms with van der Waals surface area (Å²) < 4.78 is 0. The first-order valence-corrected chi connectivity index (χ1v) is 5.06. The molecular weight excluding hydrogens is 194 g/mol. The second kappa shape index (κ2) is 6.19. The molecule has 0 fully saturated rings. The van der Waals surface area contributed by atoms with Crippen LogP contribution < -0.4 is 0 Å². The molecule has 5 heteroatoms. The molecule has 0 bridgehead atoms. The summed E-state index contributed by atoms with van der Waals surface area (Å²) in [6, 6.07) is 0. The van der Waals surface area contributed by atoms with Crippen LogP contribution in [0.15, 0.2) is 12.4 Å². The molecule has 0 saturated heterocycles. The molecular formula is C10H17N3O2. The van der Waals surface area contributed by atoms with Crippen LogP contribution in [0.5, 0.6) is 0 Å². The lowest BCUT2D eigenvalue weighted by Gasteiger charge is -2.15. The summed E-state index contributed by atoms with van der Waals surface area (Å²) in [6.45, 7) is 0.729. The lowest BCUT2D eigenvalue weighted by Crippen LogP contribution is -2.25. The van der Waals surface area contributed by atoms with Crippen LogP contribution in [-0.2, 0) is 11.3 Å². The Morgan fingerprint density at radius 2 is 2.40 bits per heavy atom. The van der Waals surface area contributed by atoms with Crippen LogP contribution in [0, 0.1) is 0 Å². The van der Waals surface area contributed by atoms with Crippen LogP contribution in [0.25, 0.3) is 0 Å². The van der Waals surface area contributed by atoms with E-state index in [0.29, 0.717) is 19.4 Å². The Labute approximate surface area is 89.1 Å². The Morgan fingerprint density at radius 3 is 3.00 bits per heavy atom. The first kappa shape index (κ1) is 11.7. The molecule has 1 amide bonds. The van der Waals surface area contributed by atoms with Gasteiger partial charge in [-0.3, -0.25) is 9.89 Å². The molecule has 1 rings (SSSR count). The Balaban J connectivity index is 2.27. The highest BCUT2D eigenvalue weighted by Gasteiger charge is 2.08. The topological polar surface area (TPSA) is 69.2 Å². The van der Waals surface area contributed by atoms with Gasteiger partial charge < -0.3 is 10.0 Å². The lowest BCUT2D eigenvalue weighted by atomic mass is 10.2. The zero-order valence-corrected chi connectivity index (χ0v) is 8.94. The van der Waals surface area contributed by atoms with E-state index in [9.17, 15) is 4.79 Å². The number of nitrogens with one attached hydrogen (secondary N) is 1. The Hall–Kier alpha value is -1.36. The minimum atomic E-state index is 0.102. The van der Waals surface area contributed by atoms with E-state index >= 15 is 0 Å². The molecule has 0 spiro atoms. The van der Waals surface area contributed by atoms with Gasteiger partial charge in [0.1, 0.15) is 0 Å². The zero-order chi connectivity index (χ0) is 11.1. The number of carbonyl (C=O) groups excluding carboxylic acids is 1. The first-order chi connectivity index (χ1) is 7.24. The zero-order valence-electron chi connectivity index (χ0n) is 8.94. The van der Waals surface area contributed by atoms with E-state index in [-0.39, 0.29) is 12.5 Å². The third-order valence-corrected chi connectivity index (χ3v) is 2.20. The highest BCUT2D eigenvalue weighted by molar-refractivity contribution is 5.75. The summed E-state index contributed by atoms with van der Waals surface area (Å²) >= 11 is 0. The summed E-state index contributed by atoms with van der Waals surface area (Å²) in [4.78, 5) is 13.2. The van der Waals surface area contributed by atoms with Crippen molar-refractivity contribution in [3.8, 4) is 0 Å². The number of aromatic nitrogens is 2. The van der Waals surface area contributed by atoms with Gasteiger partial charge in [0.15, 0.2) is 0 Å². The average molecular weight is 211 g/mol. The van der Waals surface area contributed by atoms with Crippen molar-refractivity contribution >= 4 is 5.91 Å². The Morgan fingerprint density at radius 1 is 1.60 bits per heavy atom. The SMILES string of the molecule is CN(Cc1cn[nH]c1)C(=O)CCCCO. The number of hydrogen-bond acceptors (Lipinski definition) is 3. The van der Waals surface area contributed by atoms with Crippen molar-refractivity contribution in [1.29, 1.82) is 0 Å². The smallest absolute Gasteiger partial charge is 0.222 e. The maximum absolute atomic E-state index is 11.6. The van der Waals surface area contributed by atoms with Gasteiger partial charge in [-0.2, -0.15) is 5.10 Å². The van der Waals surface area contributed by atoms with Crippen LogP contribution in [0.1, 0.15) is 24.8 Å². The molecule has 0 aliphatic rings. The van der Waals surface area contributed by atoms with Gasteiger partial charge in [-0.1, -0.05) is 0 Å². The molecule has 5 nitrogen and oxygen atoms in total. The van der Waals surface area contributed by atoms with Crippen molar-refractivity contribution in [1.82, 2.24) is 15.1 Å². The van der Waals surface area contributed by atoms with Gasteiger partial charge in [0.2, 0.25) is 5.91 Å². The predicted octanol–water partition coefficient (Wildman–Crippen LogP) is 0.531. The fourth-order valence-electron chi connectivity index (χ4n) is 1.31. The van der Waals surface area contributed by atoms with Crippen molar-refractivity contribution < 1.29 is 9.90 Å². The number of aliphatic hydroxyl groups is 1. The average Bonchev–Trinajstić information content (AvgIpc) is 2.70. The maximum Gasteiger partial charge on any atom is 0.222 e. The van der Waals surface area contributed by atoms with Gasteiger partial charge in [-0.15, -0.1) is 0 Å². The minimum absolute atomic E-state index is 0.102. The summed E-state index contributed by atoms with van der Waals surface area (Å²) in [5, 5.41) is 15.1. The summed E-state index contributed by atoms with van der Waals surface area (Å²) in [7, 11) is 1.77. The van der Waals surface area contributed by atoms with Gasteiger partial charge in [0, 0.05) is 38.4 Å². The quantitative estimate of drug-likeness (QED) is 0.674. The molecule has 0 radical (unpaired) electrons. The molecule has 0 aliphatic carbocycles. The Kier molecular flexibility index (Phi) is 4.83. The van der Waals surface area contributed by atoms with E-state index in [2.05, 4.69) is 10.2 Å². The van der Waals surface area contributed by atoms with E-state index in [1.807, 2.05) is 0 Å². The third-order valence-electron chi connectivity index (χ3n) is 2.20. The standard InChI is InChI=1S/C10H17N3O2/c1-13(8-9-6-11-12-7-9)10(15)4-2-3-5-14/h6-7,14H,2-5,8H2,1H3,(H,11,12). The first-order valence-electron chi connectivity index (χ1n) is 5.06. The third kappa shape index (κ3) is 4.12. The summed E-state index contributed by atoms with van der Waals surface area (Å²) in [6.07, 6.45) is 5.40. The lowest BCUT2D eigenvalue weighted by molar-refractivity contribution is -0.130. The molecule has 84 valence electrons. The van der Waals surface area contributed by atoms with Crippen LogP contribution in [-0.4, -0.2) is 39.8 Å². The monoisotopic (exact) mass is 211 g/mol. The van der Waals surface area contributed by atoms with Gasteiger partial charge in [0.25, 0.3) is 0 Å². The second-order valence-electron chi connectivity index (χ2n) is 3.54. The second-order valence-corrected chi connectivity index (χ2v) is 3.54. The van der Waals surface area contributed by atoms with Crippen LogP contribution >= 0.6 is 0 Å². The number of amides is 1. The molecule has 0 aliphatic heterocycles. The largest absolute Gasteiger partial charge is 0.396 e. The summed E-state index contributed by atoms with van der Waals surface area (Å²) in [5.41, 5.74) is 0.994. The highest BCUT2D eigenvalue weighted by Crippen LogP contribution is 2.04. The maximum atomic E-state index is 11.6. The predicted molar refractivity (Wildman–Crippen MR) is 56.0 cm³/mol. The molecule has 1 heterocycles. The van der Waals surface area contributed by atoms with Crippen molar-refractivity contribution in [2.75, 3.05) is 13.7 Å². The molecule has 0 atom stereocenters. The van der Waals surface area contributed by atoms with Gasteiger partial charge in [-0.25, -0.2) is 0 Å². The number of hydrogen-bond donors (Lipinski definition) is 2. The van der Waals surface area contributed by atoms with Gasteiger partial charge >= 0.3 is 0 Å². The van der Waals surface area contributed by atoms with E-state index < -0.39 is 0 Å². The minimum Gasteiger partial charge on any atom is -0.396 e. The molecule has 1 aromatic heterocycles. The van der Waals surface area contributed by atoms with Crippen molar-refractivity contribution in [2.45, 2.75) is 25.8 Å². The molecule has 2 N–H and O–H groups in total. The van der Waals surface area contributed by atoms with E-state index in [4.69, 9.17) is 5.11 Å². The fraction of sp³-hybridized carbons (Fsp3) is 0.600. The van der Waals surface area contributed by atoms with Crippen molar-refractivity contribution in [2.24, 2.45) is 0 Å². The van der Waals surface area contributed by atoms with E-state index in [1.54, 1.807) is 24.3 Å². The van der Waals surface area contributed by atoms with E-state index in [1.165, 1.54) is 0 Å². The van der Waals surface area contributed by atoms with Gasteiger partial charge in [0.05, 0.1) is 6.20 Å².